The van der Waals surface area contributed by atoms with Gasteiger partial charge in [0, 0.05) is 13.1 Å². The number of carbonyl (C=O) groups is 2. The van der Waals surface area contributed by atoms with E-state index in [4.69, 9.17) is 4.74 Å². The molecule has 1 aliphatic heterocycles. The van der Waals surface area contributed by atoms with Crippen molar-refractivity contribution >= 4 is 11.8 Å². The molecule has 0 aliphatic carbocycles. The molecule has 1 atom stereocenters. The Morgan fingerprint density at radius 1 is 1.47 bits per heavy atom. The third-order valence-electron chi connectivity index (χ3n) is 2.60. The van der Waals surface area contributed by atoms with Crippen LogP contribution in [-0.2, 0) is 14.3 Å². The number of hydrogen-bond donors (Lipinski definition) is 1. The van der Waals surface area contributed by atoms with Crippen LogP contribution in [0.2, 0.25) is 0 Å². The lowest BCUT2D eigenvalue weighted by molar-refractivity contribution is -0.188. The van der Waals surface area contributed by atoms with Gasteiger partial charge in [0.1, 0.15) is 6.04 Å². The lowest BCUT2D eigenvalue weighted by Crippen LogP contribution is -2.60. The van der Waals surface area contributed by atoms with Gasteiger partial charge >= 0.3 is 12.3 Å². The van der Waals surface area contributed by atoms with Crippen molar-refractivity contribution in [2.24, 2.45) is 0 Å². The smallest absolute Gasteiger partial charge is 0.377 e. The van der Waals surface area contributed by atoms with Crippen LogP contribution in [0, 0.1) is 0 Å². The number of nitrogens with zero attached hydrogens (tertiary/aromatic N) is 1. The van der Waals surface area contributed by atoms with Crippen molar-refractivity contribution < 1.29 is 31.9 Å². The van der Waals surface area contributed by atoms with Crippen LogP contribution in [0.3, 0.4) is 0 Å². The average molecular weight is 286 g/mol. The molecule has 1 saturated heterocycles. The second kappa shape index (κ2) is 6.18. The van der Waals surface area contributed by atoms with Gasteiger partial charge in [0.05, 0.1) is 13.2 Å². The van der Waals surface area contributed by atoms with Gasteiger partial charge in [-0.25, -0.2) is 8.78 Å². The van der Waals surface area contributed by atoms with Crippen molar-refractivity contribution in [1.82, 2.24) is 10.2 Å². The third-order valence-corrected chi connectivity index (χ3v) is 2.60. The Kier molecular flexibility index (Phi) is 5.10. The Bertz CT molecular complexity index is 352. The van der Waals surface area contributed by atoms with Gasteiger partial charge in [0.25, 0.3) is 5.91 Å². The maximum Gasteiger partial charge on any atom is 0.383 e. The molecule has 0 aromatic rings. The molecule has 1 N–H and O–H groups in total. The fourth-order valence-corrected chi connectivity index (χ4v) is 1.64. The van der Waals surface area contributed by atoms with E-state index in [2.05, 4.69) is 5.32 Å². The van der Waals surface area contributed by atoms with Gasteiger partial charge in [-0.3, -0.25) is 9.59 Å². The number of likely N-dealkylation sites (N-methyl/N-ethyl adjacent to an activating group) is 1. The molecule has 0 radical (unpaired) electrons. The zero-order chi connectivity index (χ0) is 14.6. The Morgan fingerprint density at radius 3 is 2.63 bits per heavy atom. The van der Waals surface area contributed by atoms with Gasteiger partial charge in [-0.1, -0.05) is 0 Å². The average Bonchev–Trinajstić information content (AvgIpc) is 2.37. The summed E-state index contributed by atoms with van der Waals surface area (Å²) in [4.78, 5) is 23.5. The largest absolute Gasteiger partial charge is 0.383 e. The first-order chi connectivity index (χ1) is 8.82. The molecular weight excluding hydrogens is 272 g/mol. The first-order valence-electron chi connectivity index (χ1n) is 5.64. The summed E-state index contributed by atoms with van der Waals surface area (Å²) < 4.78 is 55.3. The van der Waals surface area contributed by atoms with E-state index in [0.29, 0.717) is 4.90 Å². The lowest BCUT2D eigenvalue weighted by atomic mass is 10.1. The van der Waals surface area contributed by atoms with E-state index in [1.165, 1.54) is 0 Å². The summed E-state index contributed by atoms with van der Waals surface area (Å²) in [6.45, 7) is 1.12. The minimum atomic E-state index is -4.80. The van der Waals surface area contributed by atoms with Crippen LogP contribution in [0.25, 0.3) is 0 Å². The van der Waals surface area contributed by atoms with E-state index in [0.717, 1.165) is 0 Å². The predicted molar refractivity (Wildman–Crippen MR) is 56.0 cm³/mol. The summed E-state index contributed by atoms with van der Waals surface area (Å²) in [5.74, 6) is -7.56. The van der Waals surface area contributed by atoms with Crippen LogP contribution in [0.5, 0.6) is 0 Å². The number of rotatable bonds is 4. The van der Waals surface area contributed by atoms with Gasteiger partial charge in [0.15, 0.2) is 0 Å². The monoisotopic (exact) mass is 286 g/mol. The molecule has 0 aromatic carbocycles. The molecular formula is C10H14F4N2O3. The molecule has 1 rings (SSSR count). The summed E-state index contributed by atoms with van der Waals surface area (Å²) in [5.41, 5.74) is 0. The van der Waals surface area contributed by atoms with Crippen molar-refractivity contribution in [3.05, 3.63) is 0 Å². The Hall–Kier alpha value is -1.38. The maximum atomic E-state index is 13.0. The topological polar surface area (TPSA) is 58.6 Å². The molecule has 2 amide bonds. The van der Waals surface area contributed by atoms with Crippen molar-refractivity contribution in [2.45, 2.75) is 25.3 Å². The fraction of sp³-hybridized carbons (Fsp3) is 0.800. The first-order valence-corrected chi connectivity index (χ1v) is 5.64. The highest BCUT2D eigenvalue weighted by molar-refractivity contribution is 5.91. The van der Waals surface area contributed by atoms with Crippen LogP contribution in [0.15, 0.2) is 0 Å². The van der Waals surface area contributed by atoms with Crippen LogP contribution in [0.4, 0.5) is 17.6 Å². The van der Waals surface area contributed by atoms with Crippen LogP contribution < -0.4 is 5.32 Å². The number of morpholine rings is 1. The predicted octanol–water partition coefficient (Wildman–Crippen LogP) is 0.250. The second-order valence-corrected chi connectivity index (χ2v) is 3.91. The van der Waals surface area contributed by atoms with Gasteiger partial charge in [0.2, 0.25) is 5.91 Å². The molecule has 1 fully saturated rings. The van der Waals surface area contributed by atoms with E-state index in [9.17, 15) is 27.2 Å². The maximum absolute atomic E-state index is 13.0. The molecule has 1 unspecified atom stereocenters. The zero-order valence-electron chi connectivity index (χ0n) is 10.2. The van der Waals surface area contributed by atoms with Crippen LogP contribution in [0.1, 0.15) is 6.92 Å². The summed E-state index contributed by atoms with van der Waals surface area (Å²) >= 11 is 0. The summed E-state index contributed by atoms with van der Waals surface area (Å²) in [7, 11) is 0. The normalized spacial score (nSPS) is 20.5. The number of alkyl halides is 4. The standard InChI is InChI=1S/C10H14F4N2O3/c1-2-15-7(17)6-5-19-4-3-16(6)9(18)10(13,14)8(11)12/h6,8H,2-5H2,1H3,(H,15,17). The Labute approximate surface area is 106 Å². The minimum absolute atomic E-state index is 0.0824. The molecule has 0 spiro atoms. The van der Waals surface area contributed by atoms with E-state index >= 15 is 0 Å². The third kappa shape index (κ3) is 3.34. The number of amides is 2. The number of hydrogen-bond acceptors (Lipinski definition) is 3. The van der Waals surface area contributed by atoms with Gasteiger partial charge < -0.3 is 15.0 Å². The number of carbonyl (C=O) groups excluding carboxylic acids is 2. The van der Waals surface area contributed by atoms with Crippen LogP contribution >= 0.6 is 0 Å². The zero-order valence-corrected chi connectivity index (χ0v) is 10.2. The quantitative estimate of drug-likeness (QED) is 0.754. The molecule has 1 aliphatic rings. The highest BCUT2D eigenvalue weighted by Gasteiger charge is 2.53. The number of nitrogens with one attached hydrogen (secondary N) is 1. The highest BCUT2D eigenvalue weighted by Crippen LogP contribution is 2.27. The van der Waals surface area contributed by atoms with Crippen molar-refractivity contribution in [3.63, 3.8) is 0 Å². The van der Waals surface area contributed by atoms with Gasteiger partial charge in [-0.15, -0.1) is 0 Å². The van der Waals surface area contributed by atoms with Gasteiger partial charge in [-0.05, 0) is 6.92 Å². The Morgan fingerprint density at radius 2 is 2.11 bits per heavy atom. The summed E-state index contributed by atoms with van der Waals surface area (Å²) in [5, 5.41) is 2.34. The second-order valence-electron chi connectivity index (χ2n) is 3.91. The molecule has 0 aromatic heterocycles. The van der Waals surface area contributed by atoms with Crippen molar-refractivity contribution in [3.8, 4) is 0 Å². The summed E-state index contributed by atoms with van der Waals surface area (Å²) in [6.07, 6.45) is -4.11. The summed E-state index contributed by atoms with van der Waals surface area (Å²) in [6, 6.07) is -1.31. The van der Waals surface area contributed by atoms with Crippen LogP contribution in [-0.4, -0.2) is 61.4 Å². The highest BCUT2D eigenvalue weighted by atomic mass is 19.3. The number of halogens is 4. The molecule has 0 saturated carbocycles. The Balaban J connectivity index is 2.88. The minimum Gasteiger partial charge on any atom is -0.377 e. The first kappa shape index (κ1) is 15.7. The molecule has 110 valence electrons. The SMILES string of the molecule is CCNC(=O)C1COCCN1C(=O)C(F)(F)C(F)F. The molecule has 5 nitrogen and oxygen atoms in total. The van der Waals surface area contributed by atoms with E-state index < -0.39 is 30.2 Å². The molecule has 1 heterocycles. The van der Waals surface area contributed by atoms with Crippen molar-refractivity contribution in [2.75, 3.05) is 26.3 Å². The number of ether oxygens (including phenoxy) is 1. The lowest BCUT2D eigenvalue weighted by Gasteiger charge is -2.36. The van der Waals surface area contributed by atoms with E-state index in [-0.39, 0.29) is 26.3 Å². The molecule has 0 bridgehead atoms. The van der Waals surface area contributed by atoms with E-state index in [1.54, 1.807) is 6.92 Å². The fourth-order valence-electron chi connectivity index (χ4n) is 1.64. The van der Waals surface area contributed by atoms with Gasteiger partial charge in [-0.2, -0.15) is 8.78 Å². The molecule has 9 heteroatoms. The van der Waals surface area contributed by atoms with E-state index in [1.807, 2.05) is 0 Å². The molecule has 19 heavy (non-hydrogen) atoms. The van der Waals surface area contributed by atoms with Crippen molar-refractivity contribution in [1.29, 1.82) is 0 Å².